The smallest absolute Gasteiger partial charge is 0.271 e. The van der Waals surface area contributed by atoms with E-state index in [-0.39, 0.29) is 11.6 Å². The van der Waals surface area contributed by atoms with Crippen molar-refractivity contribution >= 4 is 11.7 Å². The summed E-state index contributed by atoms with van der Waals surface area (Å²) >= 11 is 0. The molecule has 0 radical (unpaired) electrons. The van der Waals surface area contributed by atoms with Crippen LogP contribution in [-0.4, -0.2) is 22.4 Å². The number of nitrogen functional groups attached to an aromatic ring is 1. The first kappa shape index (κ1) is 13.4. The van der Waals surface area contributed by atoms with E-state index in [0.29, 0.717) is 18.3 Å². The molecule has 0 unspecified atom stereocenters. The number of nitrogens with one attached hydrogen (secondary N) is 2. The van der Waals surface area contributed by atoms with Gasteiger partial charge in [0.25, 0.3) is 5.91 Å². The molecule has 0 aromatic carbocycles. The fourth-order valence-electron chi connectivity index (χ4n) is 1.35. The molecule has 0 aliphatic rings. The molecule has 94 valence electrons. The highest BCUT2D eigenvalue weighted by atomic mass is 16.1. The quantitative estimate of drug-likeness (QED) is 0.389. The lowest BCUT2D eigenvalue weighted by Crippen LogP contribution is -2.26. The number of hydrazine groups is 1. The Morgan fingerprint density at radius 1 is 1.47 bits per heavy atom. The van der Waals surface area contributed by atoms with Crippen molar-refractivity contribution in [2.75, 3.05) is 12.0 Å². The van der Waals surface area contributed by atoms with Crippen LogP contribution in [0.3, 0.4) is 0 Å². The Balaban J connectivity index is 2.41. The number of amides is 1. The Morgan fingerprint density at radius 2 is 2.24 bits per heavy atom. The van der Waals surface area contributed by atoms with Gasteiger partial charge in [0.15, 0.2) is 5.82 Å². The predicted octanol–water partition coefficient (Wildman–Crippen LogP) is 0.928. The second-order valence-corrected chi connectivity index (χ2v) is 4.23. The van der Waals surface area contributed by atoms with Crippen LogP contribution in [0.5, 0.6) is 0 Å². The van der Waals surface area contributed by atoms with Gasteiger partial charge in [-0.05, 0) is 18.8 Å². The molecule has 0 spiro atoms. The van der Waals surface area contributed by atoms with Crippen LogP contribution in [0, 0.1) is 5.92 Å². The standard InChI is InChI=1S/C11H19N5O/c1-8(2)4-3-5-14-11(17)9-6-13-7-10(15-9)16-12/h6-8H,3-5,12H2,1-2H3,(H,14,17)(H,15,16). The molecule has 6 nitrogen and oxygen atoms in total. The number of nitrogens with two attached hydrogens (primary N) is 1. The zero-order valence-corrected chi connectivity index (χ0v) is 10.2. The van der Waals surface area contributed by atoms with Crippen molar-refractivity contribution in [1.82, 2.24) is 15.3 Å². The molecule has 1 rings (SSSR count). The van der Waals surface area contributed by atoms with Gasteiger partial charge in [-0.2, -0.15) is 0 Å². The minimum absolute atomic E-state index is 0.224. The summed E-state index contributed by atoms with van der Waals surface area (Å²) in [5, 5.41) is 2.80. The normalized spacial score (nSPS) is 10.4. The summed E-state index contributed by atoms with van der Waals surface area (Å²) < 4.78 is 0. The summed E-state index contributed by atoms with van der Waals surface area (Å²) in [5.74, 6) is 5.99. The highest BCUT2D eigenvalue weighted by molar-refractivity contribution is 5.92. The van der Waals surface area contributed by atoms with Crippen LogP contribution in [0.1, 0.15) is 37.2 Å². The van der Waals surface area contributed by atoms with Gasteiger partial charge in [-0.25, -0.2) is 10.8 Å². The number of rotatable bonds is 6. The van der Waals surface area contributed by atoms with Gasteiger partial charge in [0.05, 0.1) is 12.4 Å². The highest BCUT2D eigenvalue weighted by Crippen LogP contribution is 2.03. The zero-order valence-electron chi connectivity index (χ0n) is 10.2. The topological polar surface area (TPSA) is 92.9 Å². The maximum Gasteiger partial charge on any atom is 0.271 e. The third-order valence-electron chi connectivity index (χ3n) is 2.26. The molecule has 1 aromatic heterocycles. The van der Waals surface area contributed by atoms with Gasteiger partial charge >= 0.3 is 0 Å². The fourth-order valence-corrected chi connectivity index (χ4v) is 1.35. The summed E-state index contributed by atoms with van der Waals surface area (Å²) in [7, 11) is 0. The van der Waals surface area contributed by atoms with Gasteiger partial charge in [0.1, 0.15) is 5.69 Å². The van der Waals surface area contributed by atoms with Crippen LogP contribution in [0.15, 0.2) is 12.4 Å². The molecule has 0 saturated carbocycles. The molecule has 1 aromatic rings. The summed E-state index contributed by atoms with van der Waals surface area (Å²) in [6.45, 7) is 4.96. The Labute approximate surface area is 101 Å². The number of hydrogen-bond acceptors (Lipinski definition) is 5. The first-order valence-electron chi connectivity index (χ1n) is 5.70. The zero-order chi connectivity index (χ0) is 12.7. The first-order chi connectivity index (χ1) is 8.13. The van der Waals surface area contributed by atoms with Crippen molar-refractivity contribution in [2.45, 2.75) is 26.7 Å². The van der Waals surface area contributed by atoms with E-state index in [1.807, 2.05) is 0 Å². The molecular weight excluding hydrogens is 218 g/mol. The Kier molecular flexibility index (Phi) is 5.35. The lowest BCUT2D eigenvalue weighted by atomic mass is 10.1. The van der Waals surface area contributed by atoms with Crippen LogP contribution >= 0.6 is 0 Å². The van der Waals surface area contributed by atoms with E-state index in [4.69, 9.17) is 5.84 Å². The highest BCUT2D eigenvalue weighted by Gasteiger charge is 2.07. The van der Waals surface area contributed by atoms with Crippen LogP contribution in [-0.2, 0) is 0 Å². The van der Waals surface area contributed by atoms with Crippen LogP contribution in [0.25, 0.3) is 0 Å². The van der Waals surface area contributed by atoms with Crippen molar-refractivity contribution in [3.63, 3.8) is 0 Å². The summed E-state index contributed by atoms with van der Waals surface area (Å²) in [5.41, 5.74) is 2.62. The largest absolute Gasteiger partial charge is 0.351 e. The number of aromatic nitrogens is 2. The van der Waals surface area contributed by atoms with E-state index in [2.05, 4.69) is 34.6 Å². The summed E-state index contributed by atoms with van der Waals surface area (Å²) in [4.78, 5) is 19.5. The molecule has 0 bridgehead atoms. The molecule has 4 N–H and O–H groups in total. The molecule has 1 heterocycles. The number of carbonyl (C=O) groups excluding carboxylic acids is 1. The van der Waals surface area contributed by atoms with Crippen molar-refractivity contribution in [1.29, 1.82) is 0 Å². The number of anilines is 1. The SMILES string of the molecule is CC(C)CCCNC(=O)c1cncc(NN)n1. The van der Waals surface area contributed by atoms with Crippen molar-refractivity contribution in [3.8, 4) is 0 Å². The van der Waals surface area contributed by atoms with Gasteiger partial charge in [-0.15, -0.1) is 0 Å². The third-order valence-corrected chi connectivity index (χ3v) is 2.26. The van der Waals surface area contributed by atoms with Gasteiger partial charge in [0, 0.05) is 6.54 Å². The number of nitrogens with zero attached hydrogens (tertiary/aromatic N) is 2. The average Bonchev–Trinajstić information content (AvgIpc) is 2.34. The number of carbonyl (C=O) groups is 1. The predicted molar refractivity (Wildman–Crippen MR) is 66.2 cm³/mol. The molecule has 1 amide bonds. The maximum absolute atomic E-state index is 11.7. The molecule has 0 aliphatic carbocycles. The van der Waals surface area contributed by atoms with Gasteiger partial charge in [0.2, 0.25) is 0 Å². The molecule has 0 atom stereocenters. The Bertz CT molecular complexity index is 367. The van der Waals surface area contributed by atoms with Crippen LogP contribution < -0.4 is 16.6 Å². The van der Waals surface area contributed by atoms with Crippen molar-refractivity contribution < 1.29 is 4.79 Å². The third kappa shape index (κ3) is 4.78. The second kappa shape index (κ2) is 6.80. The van der Waals surface area contributed by atoms with E-state index >= 15 is 0 Å². The average molecular weight is 237 g/mol. The number of hydrogen-bond donors (Lipinski definition) is 3. The minimum atomic E-state index is -0.224. The van der Waals surface area contributed by atoms with Crippen molar-refractivity contribution in [2.24, 2.45) is 11.8 Å². The van der Waals surface area contributed by atoms with E-state index < -0.39 is 0 Å². The van der Waals surface area contributed by atoms with E-state index in [0.717, 1.165) is 12.8 Å². The Hall–Kier alpha value is -1.69. The lowest BCUT2D eigenvalue weighted by molar-refractivity contribution is 0.0947. The molecule has 0 aliphatic heterocycles. The van der Waals surface area contributed by atoms with E-state index in [9.17, 15) is 4.79 Å². The summed E-state index contributed by atoms with van der Waals surface area (Å²) in [6.07, 6.45) is 4.93. The van der Waals surface area contributed by atoms with E-state index in [1.54, 1.807) is 0 Å². The lowest BCUT2D eigenvalue weighted by Gasteiger charge is -2.06. The van der Waals surface area contributed by atoms with Crippen LogP contribution in [0.2, 0.25) is 0 Å². The molecule has 17 heavy (non-hydrogen) atoms. The molecule has 0 saturated heterocycles. The van der Waals surface area contributed by atoms with Gasteiger partial charge in [-0.1, -0.05) is 13.8 Å². The maximum atomic E-state index is 11.7. The minimum Gasteiger partial charge on any atom is -0.351 e. The first-order valence-corrected chi connectivity index (χ1v) is 5.70. The van der Waals surface area contributed by atoms with Gasteiger partial charge < -0.3 is 10.7 Å². The molecular formula is C11H19N5O. The molecule has 0 fully saturated rings. The molecule has 6 heteroatoms. The summed E-state index contributed by atoms with van der Waals surface area (Å²) in [6, 6.07) is 0. The Morgan fingerprint density at radius 3 is 2.88 bits per heavy atom. The monoisotopic (exact) mass is 237 g/mol. The van der Waals surface area contributed by atoms with E-state index in [1.165, 1.54) is 12.4 Å². The fraction of sp³-hybridized carbons (Fsp3) is 0.545. The van der Waals surface area contributed by atoms with Crippen LogP contribution in [0.4, 0.5) is 5.82 Å². The van der Waals surface area contributed by atoms with Crippen molar-refractivity contribution in [3.05, 3.63) is 18.1 Å². The van der Waals surface area contributed by atoms with Gasteiger partial charge in [-0.3, -0.25) is 9.78 Å². The second-order valence-electron chi connectivity index (χ2n) is 4.23.